The number of hydrogen-bond acceptors (Lipinski definition) is 6. The zero-order valence-electron chi connectivity index (χ0n) is 24.1. The number of carbonyl (C=O) groups is 1. The second-order valence-corrected chi connectivity index (χ2v) is 16.2. The molecule has 4 rings (SSSR count). The number of halogens is 2. The summed E-state index contributed by atoms with van der Waals surface area (Å²) in [4.78, 5) is 16.6. The van der Waals surface area contributed by atoms with Crippen LogP contribution in [0.3, 0.4) is 0 Å². The summed E-state index contributed by atoms with van der Waals surface area (Å²) in [6.45, 7) is 5.51. The van der Waals surface area contributed by atoms with Crippen LogP contribution in [0.2, 0.25) is 10.0 Å². The van der Waals surface area contributed by atoms with E-state index in [1.165, 1.54) is 4.31 Å². The standard InChI is InChI=1S/C30H38Cl2N2O6S2/c1-5-16-30(20-40-41(4,36)37)18-27(22-8-7-9-24(32)17-22)28(21-10-12-23(31)13-11-21)34(29(30)35)25(6-2)19-33(3)42(38,39)26-14-15-26/h5,7-13,17,25-28H,1,6,14-16,18-20H2,2-4H3/t25-,27+,28+,30+/m0/s1. The predicted molar refractivity (Wildman–Crippen MR) is 167 cm³/mol. The highest BCUT2D eigenvalue weighted by Crippen LogP contribution is 2.53. The number of allylic oxidation sites excluding steroid dienone is 1. The Bertz CT molecular complexity index is 1510. The Labute approximate surface area is 259 Å². The van der Waals surface area contributed by atoms with Crippen molar-refractivity contribution < 1.29 is 25.8 Å². The van der Waals surface area contributed by atoms with Crippen LogP contribution in [0.25, 0.3) is 0 Å². The SMILES string of the molecule is C=CC[C@]1(COS(C)(=O)=O)C[C@H](c2cccc(Cl)c2)[C@@H](c2ccc(Cl)cc2)N([C@@H](CC)CN(C)S(=O)(=O)C2CC2)C1=O. The highest BCUT2D eigenvalue weighted by atomic mass is 35.5. The van der Waals surface area contributed by atoms with Crippen molar-refractivity contribution >= 4 is 49.3 Å². The van der Waals surface area contributed by atoms with Crippen molar-refractivity contribution in [2.24, 2.45) is 5.41 Å². The van der Waals surface area contributed by atoms with E-state index in [0.29, 0.717) is 29.3 Å². The van der Waals surface area contributed by atoms with Gasteiger partial charge in [0.25, 0.3) is 10.1 Å². The first kappa shape index (κ1) is 33.0. The second kappa shape index (κ2) is 13.0. The van der Waals surface area contributed by atoms with Crippen molar-refractivity contribution in [3.63, 3.8) is 0 Å². The van der Waals surface area contributed by atoms with Crippen molar-refractivity contribution in [3.05, 3.63) is 82.4 Å². The lowest BCUT2D eigenvalue weighted by Crippen LogP contribution is -2.60. The molecule has 2 aromatic rings. The molecule has 1 aliphatic heterocycles. The zero-order valence-corrected chi connectivity index (χ0v) is 27.2. The van der Waals surface area contributed by atoms with E-state index in [0.717, 1.165) is 17.4 Å². The minimum Gasteiger partial charge on any atom is -0.330 e. The molecule has 1 amide bonds. The lowest BCUT2D eigenvalue weighted by molar-refractivity contribution is -0.158. The molecular formula is C30H38Cl2N2O6S2. The van der Waals surface area contributed by atoms with Gasteiger partial charge in [0, 0.05) is 35.6 Å². The van der Waals surface area contributed by atoms with Crippen LogP contribution in [0.1, 0.15) is 62.1 Å². The largest absolute Gasteiger partial charge is 0.330 e. The van der Waals surface area contributed by atoms with Crippen molar-refractivity contribution in [1.82, 2.24) is 9.21 Å². The number of likely N-dealkylation sites (tertiary alicyclic amines) is 1. The highest BCUT2D eigenvalue weighted by molar-refractivity contribution is 7.90. The first-order valence-electron chi connectivity index (χ1n) is 14.0. The molecule has 1 saturated heterocycles. The molecular weight excluding hydrogens is 619 g/mol. The normalized spacial score (nSPS) is 24.1. The lowest BCUT2D eigenvalue weighted by Gasteiger charge is -2.53. The Kier molecular flexibility index (Phi) is 10.2. The minimum atomic E-state index is -3.88. The van der Waals surface area contributed by atoms with Crippen LogP contribution in [-0.2, 0) is 29.1 Å². The van der Waals surface area contributed by atoms with Crippen molar-refractivity contribution in [1.29, 1.82) is 0 Å². The molecule has 2 fully saturated rings. The zero-order chi connectivity index (χ0) is 30.9. The molecule has 0 aromatic heterocycles. The van der Waals surface area contributed by atoms with E-state index < -0.39 is 42.9 Å². The van der Waals surface area contributed by atoms with Gasteiger partial charge in [-0.05, 0) is 67.5 Å². The lowest BCUT2D eigenvalue weighted by atomic mass is 9.66. The molecule has 2 aliphatic rings. The summed E-state index contributed by atoms with van der Waals surface area (Å²) < 4.78 is 57.3. The van der Waals surface area contributed by atoms with E-state index in [2.05, 4.69) is 6.58 Å². The van der Waals surface area contributed by atoms with Gasteiger partial charge in [0.05, 0.1) is 29.6 Å². The van der Waals surface area contributed by atoms with Gasteiger partial charge in [-0.3, -0.25) is 8.98 Å². The van der Waals surface area contributed by atoms with Crippen LogP contribution in [0.4, 0.5) is 0 Å². The molecule has 0 unspecified atom stereocenters. The van der Waals surface area contributed by atoms with Crippen molar-refractivity contribution in [2.45, 2.75) is 62.3 Å². The third-order valence-corrected chi connectivity index (χ3v) is 11.6. The highest BCUT2D eigenvalue weighted by Gasteiger charge is 2.54. The van der Waals surface area contributed by atoms with Crippen LogP contribution in [0, 0.1) is 5.41 Å². The summed E-state index contributed by atoms with van der Waals surface area (Å²) in [5, 5.41) is 0.665. The fourth-order valence-electron chi connectivity index (χ4n) is 5.98. The summed E-state index contributed by atoms with van der Waals surface area (Å²) in [6, 6.07) is 13.6. The van der Waals surface area contributed by atoms with Crippen LogP contribution in [0.15, 0.2) is 61.2 Å². The number of rotatable bonds is 13. The van der Waals surface area contributed by atoms with Crippen LogP contribution in [-0.4, -0.2) is 69.7 Å². The van der Waals surface area contributed by atoms with Gasteiger partial charge >= 0.3 is 0 Å². The van der Waals surface area contributed by atoms with Gasteiger partial charge in [-0.25, -0.2) is 12.7 Å². The fourth-order valence-corrected chi connectivity index (χ4v) is 8.36. The van der Waals surface area contributed by atoms with Crippen LogP contribution < -0.4 is 0 Å². The predicted octanol–water partition coefficient (Wildman–Crippen LogP) is 5.79. The minimum absolute atomic E-state index is 0.0878. The van der Waals surface area contributed by atoms with Gasteiger partial charge in [0.15, 0.2) is 0 Å². The van der Waals surface area contributed by atoms with E-state index in [4.69, 9.17) is 27.4 Å². The Hall–Kier alpha value is -1.95. The average Bonchev–Trinajstić information content (AvgIpc) is 3.78. The van der Waals surface area contributed by atoms with E-state index in [1.807, 2.05) is 37.3 Å². The number of amides is 1. The number of likely N-dealkylation sites (N-methyl/N-ethyl adjacent to an activating group) is 1. The average molecular weight is 658 g/mol. The summed E-state index contributed by atoms with van der Waals surface area (Å²) in [5.41, 5.74) is 0.406. The molecule has 8 nitrogen and oxygen atoms in total. The number of benzene rings is 2. The second-order valence-electron chi connectivity index (χ2n) is 11.4. The molecule has 0 bridgehead atoms. The van der Waals surface area contributed by atoms with E-state index >= 15 is 0 Å². The van der Waals surface area contributed by atoms with E-state index in [1.54, 1.807) is 36.2 Å². The molecule has 0 radical (unpaired) electrons. The Morgan fingerprint density at radius 2 is 1.76 bits per heavy atom. The van der Waals surface area contributed by atoms with Gasteiger partial charge in [0.1, 0.15) is 0 Å². The Morgan fingerprint density at radius 1 is 1.10 bits per heavy atom. The molecule has 0 spiro atoms. The van der Waals surface area contributed by atoms with Crippen LogP contribution >= 0.6 is 23.2 Å². The third kappa shape index (κ3) is 7.22. The summed E-state index contributed by atoms with van der Waals surface area (Å²) in [7, 11) is -5.83. The maximum atomic E-state index is 14.8. The van der Waals surface area contributed by atoms with Crippen LogP contribution in [0.5, 0.6) is 0 Å². The van der Waals surface area contributed by atoms with E-state index in [-0.39, 0.29) is 37.8 Å². The van der Waals surface area contributed by atoms with Gasteiger partial charge in [-0.2, -0.15) is 8.42 Å². The molecule has 42 heavy (non-hydrogen) atoms. The maximum Gasteiger partial charge on any atom is 0.264 e. The number of hydrogen-bond donors (Lipinski definition) is 0. The Balaban J connectivity index is 1.91. The number of carbonyl (C=O) groups excluding carboxylic acids is 1. The monoisotopic (exact) mass is 656 g/mol. The summed E-state index contributed by atoms with van der Waals surface area (Å²) >= 11 is 12.7. The van der Waals surface area contributed by atoms with Crippen molar-refractivity contribution in [3.8, 4) is 0 Å². The fraction of sp³-hybridized carbons (Fsp3) is 0.500. The van der Waals surface area contributed by atoms with Gasteiger partial charge < -0.3 is 4.90 Å². The Morgan fingerprint density at radius 3 is 2.31 bits per heavy atom. The molecule has 1 saturated carbocycles. The summed E-state index contributed by atoms with van der Waals surface area (Å²) in [6.07, 6.45) is 4.68. The molecule has 0 N–H and O–H groups in total. The number of nitrogens with zero attached hydrogens (tertiary/aromatic N) is 2. The topological polar surface area (TPSA) is 101 Å². The quantitative estimate of drug-likeness (QED) is 0.200. The molecule has 1 heterocycles. The number of piperidine rings is 1. The molecule has 12 heteroatoms. The molecule has 2 aromatic carbocycles. The maximum absolute atomic E-state index is 14.8. The first-order chi connectivity index (χ1) is 19.7. The van der Waals surface area contributed by atoms with E-state index in [9.17, 15) is 21.6 Å². The van der Waals surface area contributed by atoms with Gasteiger partial charge in [-0.1, -0.05) is 60.5 Å². The molecule has 4 atom stereocenters. The van der Waals surface area contributed by atoms with Crippen molar-refractivity contribution in [2.75, 3.05) is 26.5 Å². The van der Waals surface area contributed by atoms with Gasteiger partial charge in [0.2, 0.25) is 15.9 Å². The molecule has 230 valence electrons. The van der Waals surface area contributed by atoms with Gasteiger partial charge in [-0.15, -0.1) is 6.58 Å². The first-order valence-corrected chi connectivity index (χ1v) is 18.0. The number of sulfonamides is 1. The smallest absolute Gasteiger partial charge is 0.264 e. The summed E-state index contributed by atoms with van der Waals surface area (Å²) in [5.74, 6) is -0.654. The molecule has 1 aliphatic carbocycles. The third-order valence-electron chi connectivity index (χ3n) is 8.26.